The first-order valence-electron chi connectivity index (χ1n) is 5.42. The molecule has 0 saturated carbocycles. The van der Waals surface area contributed by atoms with Gasteiger partial charge in [-0.15, -0.1) is 5.92 Å². The van der Waals surface area contributed by atoms with Gasteiger partial charge in [-0.3, -0.25) is 0 Å². The van der Waals surface area contributed by atoms with E-state index >= 15 is 0 Å². The summed E-state index contributed by atoms with van der Waals surface area (Å²) in [5, 5.41) is 9.73. The molecule has 0 aliphatic carbocycles. The van der Waals surface area contributed by atoms with E-state index in [0.717, 1.165) is 32.1 Å². The molecular formula is C12H22O. The maximum Gasteiger partial charge on any atom is 0.117 e. The van der Waals surface area contributed by atoms with Gasteiger partial charge in [0.1, 0.15) is 6.10 Å². The fourth-order valence-corrected chi connectivity index (χ4v) is 1.53. The summed E-state index contributed by atoms with van der Waals surface area (Å²) in [7, 11) is 0. The fraction of sp³-hybridized carbons (Fsp3) is 0.833. The molecule has 0 aromatic carbocycles. The van der Waals surface area contributed by atoms with Crippen LogP contribution in [0, 0.1) is 17.8 Å². The number of hydrogen-bond acceptors (Lipinski definition) is 1. The first-order chi connectivity index (χ1) is 6.26. The number of rotatable bonds is 5. The lowest BCUT2D eigenvalue weighted by molar-refractivity contribution is 0.147. The van der Waals surface area contributed by atoms with Crippen LogP contribution in [-0.4, -0.2) is 11.2 Å². The molecule has 0 fully saturated rings. The molecule has 1 nitrogen and oxygen atoms in total. The van der Waals surface area contributed by atoms with Gasteiger partial charge in [0.05, 0.1) is 0 Å². The van der Waals surface area contributed by atoms with Crippen molar-refractivity contribution in [2.45, 2.75) is 59.0 Å². The molecule has 0 bridgehead atoms. The zero-order chi connectivity index (χ0) is 10.1. The number of aliphatic hydroxyl groups excluding tert-OH is 1. The summed E-state index contributed by atoms with van der Waals surface area (Å²) >= 11 is 0. The first-order valence-corrected chi connectivity index (χ1v) is 5.42. The highest BCUT2D eigenvalue weighted by molar-refractivity contribution is 5.05. The Morgan fingerprint density at radius 2 is 1.62 bits per heavy atom. The Labute approximate surface area is 82.5 Å². The van der Waals surface area contributed by atoms with Gasteiger partial charge < -0.3 is 5.11 Å². The third-order valence-electron chi connectivity index (χ3n) is 2.19. The minimum Gasteiger partial charge on any atom is -0.380 e. The molecule has 0 radical (unpaired) electrons. The molecule has 0 amide bonds. The third kappa shape index (κ3) is 5.71. The summed E-state index contributed by atoms with van der Waals surface area (Å²) in [6, 6.07) is 0. The average molecular weight is 182 g/mol. The van der Waals surface area contributed by atoms with Gasteiger partial charge in [-0.1, -0.05) is 39.5 Å². The van der Waals surface area contributed by atoms with Crippen molar-refractivity contribution < 1.29 is 5.11 Å². The lowest BCUT2D eigenvalue weighted by atomic mass is 9.93. The molecule has 1 heteroatoms. The Morgan fingerprint density at radius 1 is 1.08 bits per heavy atom. The minimum absolute atomic E-state index is 0.383. The maximum absolute atomic E-state index is 9.73. The van der Waals surface area contributed by atoms with Crippen LogP contribution < -0.4 is 0 Å². The molecule has 0 aromatic heterocycles. The zero-order valence-electron chi connectivity index (χ0n) is 9.14. The van der Waals surface area contributed by atoms with E-state index in [1.807, 2.05) is 6.92 Å². The number of hydrogen-bond donors (Lipinski definition) is 1. The van der Waals surface area contributed by atoms with Crippen molar-refractivity contribution in [2.24, 2.45) is 5.92 Å². The molecule has 0 aliphatic rings. The molecule has 1 N–H and O–H groups in total. The lowest BCUT2D eigenvalue weighted by Gasteiger charge is -2.17. The van der Waals surface area contributed by atoms with Crippen LogP contribution in [0.3, 0.4) is 0 Å². The molecule has 0 aliphatic heterocycles. The van der Waals surface area contributed by atoms with Gasteiger partial charge in [-0.25, -0.2) is 0 Å². The molecule has 0 spiro atoms. The van der Waals surface area contributed by atoms with E-state index in [1.54, 1.807) is 0 Å². The Balaban J connectivity index is 4.01. The van der Waals surface area contributed by atoms with Crippen LogP contribution in [0.4, 0.5) is 0 Å². The van der Waals surface area contributed by atoms with Gasteiger partial charge in [0.15, 0.2) is 0 Å². The van der Waals surface area contributed by atoms with E-state index < -0.39 is 6.10 Å². The molecule has 13 heavy (non-hydrogen) atoms. The molecule has 1 unspecified atom stereocenters. The predicted octanol–water partition coefficient (Wildman–Crippen LogP) is 2.98. The van der Waals surface area contributed by atoms with Crippen molar-refractivity contribution in [3.63, 3.8) is 0 Å². The second-order valence-electron chi connectivity index (χ2n) is 3.46. The molecule has 0 saturated heterocycles. The van der Waals surface area contributed by atoms with E-state index in [2.05, 4.69) is 25.7 Å². The summed E-state index contributed by atoms with van der Waals surface area (Å²) in [5.74, 6) is 6.24. The summed E-state index contributed by atoms with van der Waals surface area (Å²) in [6.07, 6.45) is 4.88. The monoisotopic (exact) mass is 182 g/mol. The maximum atomic E-state index is 9.73. The second-order valence-corrected chi connectivity index (χ2v) is 3.46. The van der Waals surface area contributed by atoms with E-state index in [9.17, 15) is 5.11 Å². The van der Waals surface area contributed by atoms with Crippen LogP contribution in [0.1, 0.15) is 52.9 Å². The van der Waals surface area contributed by atoms with Crippen molar-refractivity contribution in [2.75, 3.05) is 0 Å². The molecule has 0 heterocycles. The standard InChI is InChI=1S/C12H22O/c1-4-7-10-12(13)11(8-5-2)9-6-3/h11-13H,4-6,8-9H2,1-3H3. The minimum atomic E-state index is -0.403. The zero-order valence-corrected chi connectivity index (χ0v) is 9.14. The summed E-state index contributed by atoms with van der Waals surface area (Å²) in [5.41, 5.74) is 0. The van der Waals surface area contributed by atoms with Gasteiger partial charge in [-0.2, -0.15) is 0 Å². The largest absolute Gasteiger partial charge is 0.380 e. The molecule has 0 aromatic rings. The molecule has 76 valence electrons. The van der Waals surface area contributed by atoms with Crippen LogP contribution >= 0.6 is 0 Å². The van der Waals surface area contributed by atoms with Gasteiger partial charge in [0.2, 0.25) is 0 Å². The van der Waals surface area contributed by atoms with E-state index in [1.165, 1.54) is 0 Å². The highest BCUT2D eigenvalue weighted by Crippen LogP contribution is 2.17. The van der Waals surface area contributed by atoms with E-state index in [-0.39, 0.29) is 0 Å². The molecule has 1 atom stereocenters. The molecular weight excluding hydrogens is 160 g/mol. The van der Waals surface area contributed by atoms with Gasteiger partial charge in [0, 0.05) is 6.42 Å². The normalized spacial score (nSPS) is 12.4. The fourth-order valence-electron chi connectivity index (χ4n) is 1.53. The quantitative estimate of drug-likeness (QED) is 0.648. The van der Waals surface area contributed by atoms with E-state index in [0.29, 0.717) is 5.92 Å². The van der Waals surface area contributed by atoms with Crippen LogP contribution in [0.15, 0.2) is 0 Å². The van der Waals surface area contributed by atoms with Crippen molar-refractivity contribution in [3.05, 3.63) is 0 Å². The van der Waals surface area contributed by atoms with Crippen molar-refractivity contribution in [1.82, 2.24) is 0 Å². The van der Waals surface area contributed by atoms with Crippen LogP contribution in [0.2, 0.25) is 0 Å². The van der Waals surface area contributed by atoms with Crippen molar-refractivity contribution in [3.8, 4) is 11.8 Å². The van der Waals surface area contributed by atoms with Crippen molar-refractivity contribution >= 4 is 0 Å². The second kappa shape index (κ2) is 8.13. The SMILES string of the molecule is CCC#CC(O)C(CCC)CCC. The Kier molecular flexibility index (Phi) is 7.83. The first kappa shape index (κ1) is 12.5. The smallest absolute Gasteiger partial charge is 0.117 e. The third-order valence-corrected chi connectivity index (χ3v) is 2.19. The highest BCUT2D eigenvalue weighted by atomic mass is 16.3. The van der Waals surface area contributed by atoms with Gasteiger partial charge in [0.25, 0.3) is 0 Å². The average Bonchev–Trinajstić information content (AvgIpc) is 2.14. The summed E-state index contributed by atoms with van der Waals surface area (Å²) in [4.78, 5) is 0. The Morgan fingerprint density at radius 3 is 2.00 bits per heavy atom. The Bertz CT molecular complexity index is 158. The molecule has 0 rings (SSSR count). The van der Waals surface area contributed by atoms with E-state index in [4.69, 9.17) is 0 Å². The van der Waals surface area contributed by atoms with Crippen LogP contribution in [-0.2, 0) is 0 Å². The highest BCUT2D eigenvalue weighted by Gasteiger charge is 2.14. The van der Waals surface area contributed by atoms with Crippen LogP contribution in [0.5, 0.6) is 0 Å². The number of aliphatic hydroxyl groups is 1. The Hall–Kier alpha value is -0.480. The van der Waals surface area contributed by atoms with Crippen molar-refractivity contribution in [1.29, 1.82) is 0 Å². The predicted molar refractivity (Wildman–Crippen MR) is 57.4 cm³/mol. The van der Waals surface area contributed by atoms with Crippen LogP contribution in [0.25, 0.3) is 0 Å². The van der Waals surface area contributed by atoms with Gasteiger partial charge >= 0.3 is 0 Å². The summed E-state index contributed by atoms with van der Waals surface area (Å²) < 4.78 is 0. The summed E-state index contributed by atoms with van der Waals surface area (Å²) in [6.45, 7) is 6.32. The topological polar surface area (TPSA) is 20.2 Å². The van der Waals surface area contributed by atoms with Gasteiger partial charge in [-0.05, 0) is 18.8 Å². The lowest BCUT2D eigenvalue weighted by Crippen LogP contribution is -2.18.